The van der Waals surface area contributed by atoms with Crippen molar-refractivity contribution in [3.05, 3.63) is 34.2 Å². The first kappa shape index (κ1) is 17.1. The Kier molecular flexibility index (Phi) is 5.10. The van der Waals surface area contributed by atoms with Gasteiger partial charge in [-0.15, -0.1) is 0 Å². The van der Waals surface area contributed by atoms with Crippen molar-refractivity contribution in [3.63, 3.8) is 0 Å². The molecule has 0 radical (unpaired) electrons. The molecule has 0 aliphatic carbocycles. The molecule has 122 valence electrons. The van der Waals surface area contributed by atoms with Gasteiger partial charge < -0.3 is 9.47 Å². The van der Waals surface area contributed by atoms with E-state index >= 15 is 0 Å². The number of hydrogen-bond acceptors (Lipinski definition) is 6. The van der Waals surface area contributed by atoms with Gasteiger partial charge in [0.25, 0.3) is 11.1 Å². The molecule has 1 saturated heterocycles. The summed E-state index contributed by atoms with van der Waals surface area (Å²) < 4.78 is 9.78. The predicted octanol–water partition coefficient (Wildman–Crippen LogP) is 2.60. The topological polar surface area (TPSA) is 72.9 Å². The number of ether oxygens (including phenoxy) is 2. The normalized spacial score (nSPS) is 17.6. The fraction of sp³-hybridized carbons (Fsp3) is 0.312. The Balaban J connectivity index is 2.28. The second-order valence-electron chi connectivity index (χ2n) is 4.98. The van der Waals surface area contributed by atoms with E-state index in [2.05, 4.69) is 4.74 Å². The molecular formula is C16H17NO5S. The summed E-state index contributed by atoms with van der Waals surface area (Å²) in [5.74, 6) is -0.380. The highest BCUT2D eigenvalue weighted by Gasteiger charge is 2.41. The molecule has 0 aromatic heterocycles. The summed E-state index contributed by atoms with van der Waals surface area (Å²) in [7, 11) is 2.80. The quantitative estimate of drug-likeness (QED) is 0.622. The van der Waals surface area contributed by atoms with Crippen LogP contribution in [0.15, 0.2) is 23.1 Å². The maximum atomic E-state index is 12.4. The van der Waals surface area contributed by atoms with Gasteiger partial charge in [0, 0.05) is 0 Å². The van der Waals surface area contributed by atoms with Gasteiger partial charge in [-0.1, -0.05) is 6.07 Å². The molecule has 1 aliphatic heterocycles. The molecule has 1 atom stereocenters. The SMILES string of the molecule is COC(=O)[C@H](C)N1C(=O)S/C(=C\c2ccc(OC)c(C)c2)C1=O. The molecule has 1 heterocycles. The lowest BCUT2D eigenvalue weighted by molar-refractivity contribution is -0.148. The van der Waals surface area contributed by atoms with Crippen LogP contribution >= 0.6 is 11.8 Å². The summed E-state index contributed by atoms with van der Waals surface area (Å²) in [6, 6.07) is 4.50. The maximum Gasteiger partial charge on any atom is 0.328 e. The molecule has 1 fully saturated rings. The zero-order chi connectivity index (χ0) is 17.1. The Hall–Kier alpha value is -2.28. The van der Waals surface area contributed by atoms with Crippen LogP contribution in [0.5, 0.6) is 5.75 Å². The van der Waals surface area contributed by atoms with Crippen LogP contribution in [0, 0.1) is 6.92 Å². The van der Waals surface area contributed by atoms with Crippen LogP contribution < -0.4 is 4.74 Å². The first-order valence-corrected chi connectivity index (χ1v) is 7.70. The van der Waals surface area contributed by atoms with Crippen molar-refractivity contribution in [1.82, 2.24) is 4.90 Å². The molecular weight excluding hydrogens is 318 g/mol. The van der Waals surface area contributed by atoms with Gasteiger partial charge in [-0.05, 0) is 54.9 Å². The van der Waals surface area contributed by atoms with Crippen LogP contribution in [0.2, 0.25) is 0 Å². The van der Waals surface area contributed by atoms with Gasteiger partial charge in [-0.3, -0.25) is 14.5 Å². The Morgan fingerprint density at radius 1 is 1.30 bits per heavy atom. The summed E-state index contributed by atoms with van der Waals surface area (Å²) in [4.78, 5) is 37.1. The third-order valence-corrected chi connectivity index (χ3v) is 4.35. The van der Waals surface area contributed by atoms with E-state index in [9.17, 15) is 14.4 Å². The number of methoxy groups -OCH3 is 2. The van der Waals surface area contributed by atoms with Crippen molar-refractivity contribution in [1.29, 1.82) is 0 Å². The van der Waals surface area contributed by atoms with E-state index in [0.29, 0.717) is 0 Å². The molecule has 1 aromatic carbocycles. The maximum absolute atomic E-state index is 12.4. The minimum absolute atomic E-state index is 0.273. The van der Waals surface area contributed by atoms with Gasteiger partial charge in [0.1, 0.15) is 11.8 Å². The van der Waals surface area contributed by atoms with Crippen LogP contribution in [0.25, 0.3) is 6.08 Å². The Morgan fingerprint density at radius 3 is 2.57 bits per heavy atom. The van der Waals surface area contributed by atoms with Crippen molar-refractivity contribution < 1.29 is 23.9 Å². The smallest absolute Gasteiger partial charge is 0.328 e. The minimum Gasteiger partial charge on any atom is -0.496 e. The number of aryl methyl sites for hydroxylation is 1. The van der Waals surface area contributed by atoms with Gasteiger partial charge in [0.15, 0.2) is 0 Å². The van der Waals surface area contributed by atoms with E-state index in [1.54, 1.807) is 25.3 Å². The molecule has 0 saturated carbocycles. The molecule has 1 aliphatic rings. The largest absolute Gasteiger partial charge is 0.496 e. The number of benzene rings is 1. The van der Waals surface area contributed by atoms with Crippen LogP contribution in [-0.4, -0.2) is 42.3 Å². The Bertz CT molecular complexity index is 698. The standard InChI is InChI=1S/C16H17NO5S/c1-9-7-11(5-6-12(9)21-3)8-13-14(18)17(16(20)23-13)10(2)15(19)22-4/h5-8,10H,1-4H3/b13-8-/t10-/m0/s1. The van der Waals surface area contributed by atoms with Gasteiger partial charge in [0.2, 0.25) is 0 Å². The number of hydrogen-bond donors (Lipinski definition) is 0. The van der Waals surface area contributed by atoms with Crippen molar-refractivity contribution in [2.75, 3.05) is 14.2 Å². The summed E-state index contributed by atoms with van der Waals surface area (Å²) in [6.07, 6.45) is 1.63. The van der Waals surface area contributed by atoms with Crippen LogP contribution in [0.1, 0.15) is 18.1 Å². The highest BCUT2D eigenvalue weighted by atomic mass is 32.2. The first-order chi connectivity index (χ1) is 10.9. The summed E-state index contributed by atoms with van der Waals surface area (Å²) in [6.45, 7) is 3.35. The average molecular weight is 335 g/mol. The number of thioether (sulfide) groups is 1. The van der Waals surface area contributed by atoms with Gasteiger partial charge in [0.05, 0.1) is 19.1 Å². The second kappa shape index (κ2) is 6.87. The number of amides is 2. The van der Waals surface area contributed by atoms with Crippen molar-refractivity contribution in [3.8, 4) is 5.75 Å². The molecule has 2 amide bonds. The molecule has 0 spiro atoms. The number of nitrogens with zero attached hydrogens (tertiary/aromatic N) is 1. The summed E-state index contributed by atoms with van der Waals surface area (Å²) in [5.41, 5.74) is 1.70. The van der Waals surface area contributed by atoms with E-state index in [4.69, 9.17) is 4.74 Å². The minimum atomic E-state index is -0.948. The average Bonchev–Trinajstić information content (AvgIpc) is 2.80. The highest BCUT2D eigenvalue weighted by Crippen LogP contribution is 2.34. The highest BCUT2D eigenvalue weighted by molar-refractivity contribution is 8.18. The number of rotatable bonds is 4. The second-order valence-corrected chi connectivity index (χ2v) is 5.97. The van der Waals surface area contributed by atoms with E-state index < -0.39 is 23.2 Å². The fourth-order valence-electron chi connectivity index (χ4n) is 2.23. The molecule has 23 heavy (non-hydrogen) atoms. The number of imide groups is 1. The predicted molar refractivity (Wildman–Crippen MR) is 87.0 cm³/mol. The molecule has 0 N–H and O–H groups in total. The first-order valence-electron chi connectivity index (χ1n) is 6.88. The lowest BCUT2D eigenvalue weighted by Crippen LogP contribution is -2.42. The van der Waals surface area contributed by atoms with E-state index in [0.717, 1.165) is 33.5 Å². The van der Waals surface area contributed by atoms with Crippen LogP contribution in [-0.2, 0) is 14.3 Å². The van der Waals surface area contributed by atoms with Crippen LogP contribution in [0.4, 0.5) is 4.79 Å². The van der Waals surface area contributed by atoms with Crippen molar-refractivity contribution in [2.24, 2.45) is 0 Å². The fourth-order valence-corrected chi connectivity index (χ4v) is 3.14. The molecule has 6 nitrogen and oxygen atoms in total. The lowest BCUT2D eigenvalue weighted by atomic mass is 10.1. The summed E-state index contributed by atoms with van der Waals surface area (Å²) in [5, 5.41) is -0.482. The van der Waals surface area contributed by atoms with Crippen molar-refractivity contribution in [2.45, 2.75) is 19.9 Å². The van der Waals surface area contributed by atoms with Gasteiger partial charge in [-0.2, -0.15) is 0 Å². The lowest BCUT2D eigenvalue weighted by Gasteiger charge is -2.18. The number of esters is 1. The Labute approximate surface area is 138 Å². The van der Waals surface area contributed by atoms with Crippen LogP contribution in [0.3, 0.4) is 0 Å². The van der Waals surface area contributed by atoms with E-state index in [-0.39, 0.29) is 4.91 Å². The molecule has 0 unspecified atom stereocenters. The third kappa shape index (κ3) is 3.39. The van der Waals surface area contributed by atoms with Crippen molar-refractivity contribution >= 4 is 35.0 Å². The zero-order valence-electron chi connectivity index (χ0n) is 13.3. The van der Waals surface area contributed by atoms with Gasteiger partial charge in [-0.25, -0.2) is 4.79 Å². The monoisotopic (exact) mass is 335 g/mol. The number of carbonyl (C=O) groups excluding carboxylic acids is 3. The molecule has 7 heteroatoms. The van der Waals surface area contributed by atoms with E-state index in [1.165, 1.54) is 14.0 Å². The Morgan fingerprint density at radius 2 is 2.00 bits per heavy atom. The molecule has 1 aromatic rings. The molecule has 0 bridgehead atoms. The zero-order valence-corrected chi connectivity index (χ0v) is 14.1. The summed E-state index contributed by atoms with van der Waals surface area (Å²) >= 11 is 0.808. The van der Waals surface area contributed by atoms with E-state index in [1.807, 2.05) is 13.0 Å². The molecule has 2 rings (SSSR count). The van der Waals surface area contributed by atoms with Gasteiger partial charge >= 0.3 is 5.97 Å². The number of carbonyl (C=O) groups is 3. The third-order valence-electron chi connectivity index (χ3n) is 3.47.